The molecule has 29 heavy (non-hydrogen) atoms. The second-order valence-corrected chi connectivity index (χ2v) is 8.54. The number of ether oxygens (including phenoxy) is 1. The Balaban J connectivity index is 1.64. The minimum atomic E-state index is -3.82. The first kappa shape index (κ1) is 18.9. The van der Waals surface area contributed by atoms with Gasteiger partial charge in [0.2, 0.25) is 5.91 Å². The summed E-state index contributed by atoms with van der Waals surface area (Å²) < 4.78 is 31.8. The van der Waals surface area contributed by atoms with Crippen LogP contribution >= 0.6 is 0 Å². The molecule has 0 atom stereocenters. The summed E-state index contributed by atoms with van der Waals surface area (Å²) in [5.41, 5.74) is 1.93. The summed E-state index contributed by atoms with van der Waals surface area (Å²) in [5, 5.41) is 4.12. The number of amides is 1. The number of aryl methyl sites for hydroxylation is 1. The highest BCUT2D eigenvalue weighted by molar-refractivity contribution is 7.93. The highest BCUT2D eigenvalue weighted by Gasteiger charge is 2.36. The Morgan fingerprint density at radius 2 is 1.79 bits per heavy atom. The maximum Gasteiger partial charge on any atom is 0.337 e. The standard InChI is InChI=1S/C21H18N2O5S/c1-13-9-10-15(21(25)28-2)11-16(13)22-19(24)12-23-17-7-3-5-14-6-4-8-18(20(14)17)29(23,26)27/h3-11H,12H2,1-2H3,(H,22,24). The number of methoxy groups -OCH3 is 1. The van der Waals surface area contributed by atoms with Gasteiger partial charge in [0.25, 0.3) is 10.0 Å². The Morgan fingerprint density at radius 1 is 1.07 bits per heavy atom. The fourth-order valence-corrected chi connectivity index (χ4v) is 5.12. The highest BCUT2D eigenvalue weighted by atomic mass is 32.2. The molecule has 0 saturated heterocycles. The van der Waals surface area contributed by atoms with E-state index in [0.29, 0.717) is 22.3 Å². The Kier molecular flexibility index (Phi) is 4.50. The summed E-state index contributed by atoms with van der Waals surface area (Å²) >= 11 is 0. The van der Waals surface area contributed by atoms with Gasteiger partial charge in [0.15, 0.2) is 0 Å². The molecule has 0 radical (unpaired) electrons. The van der Waals surface area contributed by atoms with Crippen LogP contribution in [0, 0.1) is 6.92 Å². The maximum absolute atomic E-state index is 13.0. The Morgan fingerprint density at radius 3 is 2.52 bits per heavy atom. The Bertz CT molecular complexity index is 1260. The molecule has 1 heterocycles. The highest BCUT2D eigenvalue weighted by Crippen LogP contribution is 2.41. The molecule has 0 aromatic heterocycles. The number of hydrogen-bond acceptors (Lipinski definition) is 5. The van der Waals surface area contributed by atoms with Crippen molar-refractivity contribution in [2.24, 2.45) is 0 Å². The summed E-state index contributed by atoms with van der Waals surface area (Å²) in [6.07, 6.45) is 0. The van der Waals surface area contributed by atoms with E-state index in [9.17, 15) is 18.0 Å². The third kappa shape index (κ3) is 3.11. The van der Waals surface area contributed by atoms with Gasteiger partial charge in [-0.25, -0.2) is 13.2 Å². The molecule has 0 bridgehead atoms. The molecule has 1 N–H and O–H groups in total. The third-order valence-corrected chi connectivity index (χ3v) is 6.70. The van der Waals surface area contributed by atoms with Crippen molar-refractivity contribution in [3.05, 3.63) is 65.7 Å². The zero-order chi connectivity index (χ0) is 20.8. The van der Waals surface area contributed by atoms with Gasteiger partial charge in [-0.1, -0.05) is 30.3 Å². The molecule has 4 rings (SSSR count). The van der Waals surface area contributed by atoms with Gasteiger partial charge >= 0.3 is 5.97 Å². The Hall–Kier alpha value is -3.39. The monoisotopic (exact) mass is 410 g/mol. The van der Waals surface area contributed by atoms with Crippen LogP contribution in [0.5, 0.6) is 0 Å². The van der Waals surface area contributed by atoms with E-state index in [-0.39, 0.29) is 11.4 Å². The van der Waals surface area contributed by atoms with Crippen LogP contribution in [0.15, 0.2) is 59.5 Å². The van der Waals surface area contributed by atoms with Crippen LogP contribution in [0.25, 0.3) is 10.8 Å². The third-order valence-electron chi connectivity index (χ3n) is 4.90. The van der Waals surface area contributed by atoms with Crippen molar-refractivity contribution < 1.29 is 22.7 Å². The summed E-state index contributed by atoms with van der Waals surface area (Å²) in [6.45, 7) is 1.40. The summed E-state index contributed by atoms with van der Waals surface area (Å²) in [5.74, 6) is -1.03. The fraction of sp³-hybridized carbons (Fsp3) is 0.143. The van der Waals surface area contributed by atoms with Crippen molar-refractivity contribution in [2.75, 3.05) is 23.3 Å². The van der Waals surface area contributed by atoms with E-state index in [2.05, 4.69) is 5.32 Å². The van der Waals surface area contributed by atoms with E-state index in [1.165, 1.54) is 13.2 Å². The predicted octanol–water partition coefficient (Wildman–Crippen LogP) is 3.08. The second kappa shape index (κ2) is 6.89. The molecule has 1 aliphatic rings. The lowest BCUT2D eigenvalue weighted by Gasteiger charge is -2.19. The average Bonchev–Trinajstić information content (AvgIpc) is 2.92. The molecule has 8 heteroatoms. The number of carbonyl (C=O) groups is 2. The topological polar surface area (TPSA) is 92.8 Å². The number of rotatable bonds is 4. The van der Waals surface area contributed by atoms with Crippen molar-refractivity contribution in [1.29, 1.82) is 0 Å². The first-order valence-corrected chi connectivity index (χ1v) is 10.3. The van der Waals surface area contributed by atoms with E-state index in [1.54, 1.807) is 43.3 Å². The molecule has 1 amide bonds. The van der Waals surface area contributed by atoms with Gasteiger partial charge in [-0.15, -0.1) is 0 Å². The van der Waals surface area contributed by atoms with E-state index in [0.717, 1.165) is 15.3 Å². The lowest BCUT2D eigenvalue weighted by Crippen LogP contribution is -2.35. The molecule has 1 aliphatic heterocycles. The smallest absolute Gasteiger partial charge is 0.337 e. The van der Waals surface area contributed by atoms with E-state index >= 15 is 0 Å². The molecule has 0 unspecified atom stereocenters. The minimum absolute atomic E-state index is 0.197. The number of anilines is 2. The lowest BCUT2D eigenvalue weighted by atomic mass is 10.1. The van der Waals surface area contributed by atoms with Gasteiger partial charge < -0.3 is 10.1 Å². The summed E-state index contributed by atoms with van der Waals surface area (Å²) in [6, 6.07) is 15.1. The number of nitrogens with one attached hydrogen (secondary N) is 1. The molecule has 0 fully saturated rings. The largest absolute Gasteiger partial charge is 0.465 e. The van der Waals surface area contributed by atoms with Gasteiger partial charge in [0, 0.05) is 11.1 Å². The summed E-state index contributed by atoms with van der Waals surface area (Å²) in [4.78, 5) is 24.6. The van der Waals surface area contributed by atoms with Crippen LogP contribution in [0.3, 0.4) is 0 Å². The average molecular weight is 410 g/mol. The quantitative estimate of drug-likeness (QED) is 0.667. The molecular weight excluding hydrogens is 392 g/mol. The Labute approximate surface area is 167 Å². The normalized spacial score (nSPS) is 14.1. The molecule has 148 valence electrons. The van der Waals surface area contributed by atoms with Gasteiger partial charge in [-0.05, 0) is 42.1 Å². The minimum Gasteiger partial charge on any atom is -0.465 e. The van der Waals surface area contributed by atoms with Gasteiger partial charge in [0.1, 0.15) is 6.54 Å². The van der Waals surface area contributed by atoms with Crippen molar-refractivity contribution in [1.82, 2.24) is 0 Å². The summed E-state index contributed by atoms with van der Waals surface area (Å²) in [7, 11) is -2.55. The van der Waals surface area contributed by atoms with Crippen molar-refractivity contribution >= 4 is 44.0 Å². The van der Waals surface area contributed by atoms with E-state index in [1.807, 2.05) is 12.1 Å². The molecule has 3 aromatic rings. The van der Waals surface area contributed by atoms with Crippen molar-refractivity contribution in [3.63, 3.8) is 0 Å². The number of nitrogens with zero attached hydrogens (tertiary/aromatic N) is 1. The number of benzene rings is 3. The number of esters is 1. The van der Waals surface area contributed by atoms with Gasteiger partial charge in [-0.3, -0.25) is 9.10 Å². The van der Waals surface area contributed by atoms with E-state index < -0.39 is 21.9 Å². The molecule has 3 aromatic carbocycles. The fourth-order valence-electron chi connectivity index (χ4n) is 3.45. The SMILES string of the molecule is COC(=O)c1ccc(C)c(NC(=O)CN2c3cccc4cccc(c34)S2(=O)=O)c1. The zero-order valence-corrected chi connectivity index (χ0v) is 16.6. The second-order valence-electron chi connectivity index (χ2n) is 6.71. The van der Waals surface area contributed by atoms with Gasteiger partial charge in [0.05, 0.1) is 23.3 Å². The first-order chi connectivity index (χ1) is 13.8. The molecule has 7 nitrogen and oxygen atoms in total. The number of carbonyl (C=O) groups excluding carboxylic acids is 2. The first-order valence-electron chi connectivity index (χ1n) is 8.86. The van der Waals surface area contributed by atoms with Crippen LogP contribution in [0.1, 0.15) is 15.9 Å². The van der Waals surface area contributed by atoms with Crippen LogP contribution in [0.4, 0.5) is 11.4 Å². The van der Waals surface area contributed by atoms with Gasteiger partial charge in [-0.2, -0.15) is 0 Å². The van der Waals surface area contributed by atoms with Crippen LogP contribution in [-0.4, -0.2) is 33.9 Å². The number of sulfonamides is 1. The van der Waals surface area contributed by atoms with Crippen LogP contribution in [-0.2, 0) is 19.6 Å². The zero-order valence-electron chi connectivity index (χ0n) is 15.8. The molecule has 0 aliphatic carbocycles. The lowest BCUT2D eigenvalue weighted by molar-refractivity contribution is -0.114. The molecule has 0 spiro atoms. The van der Waals surface area contributed by atoms with E-state index in [4.69, 9.17) is 4.74 Å². The van der Waals surface area contributed by atoms with Crippen LogP contribution < -0.4 is 9.62 Å². The van der Waals surface area contributed by atoms with Crippen molar-refractivity contribution in [2.45, 2.75) is 11.8 Å². The van der Waals surface area contributed by atoms with Crippen LogP contribution in [0.2, 0.25) is 0 Å². The number of hydrogen-bond donors (Lipinski definition) is 1. The molecule has 0 saturated carbocycles. The van der Waals surface area contributed by atoms with Crippen molar-refractivity contribution in [3.8, 4) is 0 Å². The maximum atomic E-state index is 13.0. The predicted molar refractivity (Wildman–Crippen MR) is 110 cm³/mol. The molecular formula is C21H18N2O5S.